The number of hydrogen-bond donors (Lipinski definition) is 0. The highest BCUT2D eigenvalue weighted by Crippen LogP contribution is 2.26. The molecule has 3 aromatic rings. The number of fused-ring (bicyclic) bond motifs is 1. The molecule has 4 rings (SSSR count). The van der Waals surface area contributed by atoms with Gasteiger partial charge in [0.05, 0.1) is 18.7 Å². The van der Waals surface area contributed by atoms with E-state index in [2.05, 4.69) is 12.1 Å². The lowest BCUT2D eigenvalue weighted by atomic mass is 10.0. The molecule has 0 unspecified atom stereocenters. The van der Waals surface area contributed by atoms with Crippen LogP contribution >= 0.6 is 11.6 Å². The van der Waals surface area contributed by atoms with E-state index in [0.29, 0.717) is 47.2 Å². The van der Waals surface area contributed by atoms with Crippen molar-refractivity contribution < 1.29 is 19.1 Å². The molecule has 1 aliphatic rings. The van der Waals surface area contributed by atoms with Crippen molar-refractivity contribution in [3.05, 3.63) is 94.5 Å². The number of methoxy groups -OCH3 is 1. The highest BCUT2D eigenvalue weighted by atomic mass is 35.5. The summed E-state index contributed by atoms with van der Waals surface area (Å²) in [4.78, 5) is 30.5. The van der Waals surface area contributed by atoms with Gasteiger partial charge in [-0.3, -0.25) is 9.59 Å². The Morgan fingerprint density at radius 2 is 1.81 bits per heavy atom. The normalized spacial score (nSPS) is 16.9. The summed E-state index contributed by atoms with van der Waals surface area (Å²) in [6.45, 7) is 1.35. The minimum Gasteiger partial charge on any atom is -0.497 e. The number of carbonyl (C=O) groups is 2. The lowest BCUT2D eigenvalue weighted by Gasteiger charge is -2.33. The second-order valence-corrected chi connectivity index (χ2v) is 9.40. The van der Waals surface area contributed by atoms with Gasteiger partial charge in [-0.2, -0.15) is 0 Å². The summed E-state index contributed by atoms with van der Waals surface area (Å²) in [5.41, 5.74) is 2.10. The van der Waals surface area contributed by atoms with Crippen LogP contribution in [0.25, 0.3) is 0 Å². The Morgan fingerprint density at radius 1 is 1.03 bits per heavy atom. The first-order valence-corrected chi connectivity index (χ1v) is 12.5. The maximum Gasteiger partial charge on any atom is 0.257 e. The fourth-order valence-electron chi connectivity index (χ4n) is 4.44. The third kappa shape index (κ3) is 6.18. The number of nitrogens with zero attached hydrogens (tertiary/aromatic N) is 2. The van der Waals surface area contributed by atoms with E-state index in [1.165, 1.54) is 0 Å². The van der Waals surface area contributed by atoms with Crippen LogP contribution in [0.1, 0.15) is 39.1 Å². The molecule has 1 aliphatic heterocycles. The monoisotopic (exact) mass is 506 g/mol. The summed E-state index contributed by atoms with van der Waals surface area (Å²) in [6, 6.07) is 22.1. The molecule has 0 aromatic heterocycles. The molecule has 0 saturated heterocycles. The molecule has 0 spiro atoms. The number of halogens is 1. The number of ether oxygens (including phenoxy) is 2. The molecule has 1 heterocycles. The molecule has 3 aromatic carbocycles. The van der Waals surface area contributed by atoms with E-state index in [0.717, 1.165) is 18.4 Å². The summed E-state index contributed by atoms with van der Waals surface area (Å²) >= 11 is 6.22. The van der Waals surface area contributed by atoms with Crippen LogP contribution in [0.3, 0.4) is 0 Å². The molecule has 0 saturated carbocycles. The number of rotatable bonds is 4. The van der Waals surface area contributed by atoms with Gasteiger partial charge in [-0.25, -0.2) is 0 Å². The topological polar surface area (TPSA) is 59.1 Å². The van der Waals surface area contributed by atoms with Crippen LogP contribution in [0.2, 0.25) is 5.02 Å². The fourth-order valence-corrected chi connectivity index (χ4v) is 4.61. The first-order valence-electron chi connectivity index (χ1n) is 12.1. The van der Waals surface area contributed by atoms with Crippen molar-refractivity contribution in [3.8, 4) is 11.5 Å². The number of amides is 2. The first kappa shape index (κ1) is 25.6. The molecule has 0 bridgehead atoms. The molecule has 36 heavy (non-hydrogen) atoms. The Kier molecular flexibility index (Phi) is 8.49. The van der Waals surface area contributed by atoms with Crippen molar-refractivity contribution in [2.45, 2.75) is 25.3 Å². The van der Waals surface area contributed by atoms with Gasteiger partial charge < -0.3 is 19.3 Å². The van der Waals surface area contributed by atoms with Crippen LogP contribution < -0.4 is 9.47 Å². The molecule has 0 radical (unpaired) electrons. The Bertz CT molecular complexity index is 1200. The van der Waals surface area contributed by atoms with Gasteiger partial charge in [-0.15, -0.1) is 0 Å². The Balaban J connectivity index is 1.71. The van der Waals surface area contributed by atoms with E-state index in [1.807, 2.05) is 41.3 Å². The van der Waals surface area contributed by atoms with Gasteiger partial charge in [-0.05, 0) is 61.2 Å². The van der Waals surface area contributed by atoms with Crippen LogP contribution in [0.4, 0.5) is 0 Å². The molecule has 188 valence electrons. The number of benzene rings is 3. The van der Waals surface area contributed by atoms with Crippen molar-refractivity contribution in [1.29, 1.82) is 0 Å². The molecule has 1 atom stereocenters. The first-order chi connectivity index (χ1) is 17.5. The SMILES string of the molecule is COc1cccc(C(=O)N2CCCCN(C)C(=O)c3cc(Cl)ccc3OC[C@H]2Cc2ccccc2)c1. The second kappa shape index (κ2) is 12.0. The lowest BCUT2D eigenvalue weighted by molar-refractivity contribution is 0.0590. The molecule has 7 heteroatoms. The van der Waals surface area contributed by atoms with E-state index in [-0.39, 0.29) is 24.5 Å². The summed E-state index contributed by atoms with van der Waals surface area (Å²) in [5, 5.41) is 0.474. The Labute approximate surface area is 217 Å². The number of carbonyl (C=O) groups excluding carboxylic acids is 2. The summed E-state index contributed by atoms with van der Waals surface area (Å²) in [5.74, 6) is 0.897. The Hall–Kier alpha value is -3.51. The van der Waals surface area contributed by atoms with Crippen LogP contribution in [-0.4, -0.2) is 61.5 Å². The van der Waals surface area contributed by atoms with E-state index in [1.54, 1.807) is 43.3 Å². The minimum absolute atomic E-state index is 0.0729. The van der Waals surface area contributed by atoms with E-state index < -0.39 is 0 Å². The van der Waals surface area contributed by atoms with Gasteiger partial charge in [-0.1, -0.05) is 48.0 Å². The van der Waals surface area contributed by atoms with Crippen LogP contribution in [0, 0.1) is 0 Å². The van der Waals surface area contributed by atoms with Crippen molar-refractivity contribution in [2.24, 2.45) is 0 Å². The van der Waals surface area contributed by atoms with Crippen LogP contribution in [0.5, 0.6) is 11.5 Å². The fraction of sp³-hybridized carbons (Fsp3) is 0.310. The maximum absolute atomic E-state index is 13.8. The second-order valence-electron chi connectivity index (χ2n) is 8.96. The summed E-state index contributed by atoms with van der Waals surface area (Å²) in [6.07, 6.45) is 2.13. The molecule has 0 fully saturated rings. The predicted octanol–water partition coefficient (Wildman–Crippen LogP) is 5.35. The summed E-state index contributed by atoms with van der Waals surface area (Å²) < 4.78 is 11.6. The minimum atomic E-state index is -0.248. The largest absolute Gasteiger partial charge is 0.497 e. The maximum atomic E-state index is 13.8. The lowest BCUT2D eigenvalue weighted by Crippen LogP contribution is -2.46. The molecule has 2 amide bonds. The van der Waals surface area contributed by atoms with E-state index >= 15 is 0 Å². The molecule has 0 aliphatic carbocycles. The molecular formula is C29H31ClN2O4. The smallest absolute Gasteiger partial charge is 0.257 e. The Morgan fingerprint density at radius 3 is 2.58 bits per heavy atom. The van der Waals surface area contributed by atoms with Gasteiger partial charge in [0.2, 0.25) is 0 Å². The average molecular weight is 507 g/mol. The van der Waals surface area contributed by atoms with Crippen molar-refractivity contribution in [2.75, 3.05) is 33.9 Å². The summed E-state index contributed by atoms with van der Waals surface area (Å²) in [7, 11) is 3.36. The highest BCUT2D eigenvalue weighted by Gasteiger charge is 2.28. The third-order valence-corrected chi connectivity index (χ3v) is 6.66. The van der Waals surface area contributed by atoms with Gasteiger partial charge in [0.25, 0.3) is 11.8 Å². The van der Waals surface area contributed by atoms with Crippen LogP contribution in [0.15, 0.2) is 72.8 Å². The van der Waals surface area contributed by atoms with Crippen LogP contribution in [-0.2, 0) is 6.42 Å². The zero-order chi connectivity index (χ0) is 25.5. The third-order valence-electron chi connectivity index (χ3n) is 6.42. The molecule has 0 N–H and O–H groups in total. The highest BCUT2D eigenvalue weighted by molar-refractivity contribution is 6.31. The zero-order valence-electron chi connectivity index (χ0n) is 20.7. The van der Waals surface area contributed by atoms with Crippen molar-refractivity contribution in [1.82, 2.24) is 9.80 Å². The molecular weight excluding hydrogens is 476 g/mol. The van der Waals surface area contributed by atoms with Gasteiger partial charge in [0.15, 0.2) is 0 Å². The standard InChI is InChI=1S/C29H31ClN2O4/c1-31-15-6-7-16-32(28(33)22-11-8-12-25(18-22)35-2)24(17-21-9-4-3-5-10-21)20-36-27-14-13-23(30)19-26(27)29(31)34/h3-5,8-14,18-19,24H,6-7,15-17,20H2,1-2H3/t24-/m1/s1. The van der Waals surface area contributed by atoms with Gasteiger partial charge in [0, 0.05) is 30.7 Å². The zero-order valence-corrected chi connectivity index (χ0v) is 21.4. The van der Waals surface area contributed by atoms with E-state index in [9.17, 15) is 9.59 Å². The van der Waals surface area contributed by atoms with Gasteiger partial charge in [0.1, 0.15) is 18.1 Å². The van der Waals surface area contributed by atoms with Crippen molar-refractivity contribution >= 4 is 23.4 Å². The van der Waals surface area contributed by atoms with Crippen molar-refractivity contribution in [3.63, 3.8) is 0 Å². The van der Waals surface area contributed by atoms with E-state index in [4.69, 9.17) is 21.1 Å². The molecule has 6 nitrogen and oxygen atoms in total. The van der Waals surface area contributed by atoms with Gasteiger partial charge >= 0.3 is 0 Å². The predicted molar refractivity (Wildman–Crippen MR) is 141 cm³/mol. The quantitative estimate of drug-likeness (QED) is 0.479. The average Bonchev–Trinajstić information content (AvgIpc) is 2.91. The number of hydrogen-bond acceptors (Lipinski definition) is 4.